The van der Waals surface area contributed by atoms with Crippen LogP contribution < -0.4 is 15.5 Å². The molecule has 3 rings (SSSR count). The number of aryl methyl sites for hydroxylation is 2. The number of rotatable bonds is 3. The number of fused-ring (bicyclic) bond motifs is 1. The van der Waals surface area contributed by atoms with Crippen LogP contribution in [0.5, 0.6) is 0 Å². The zero-order valence-corrected chi connectivity index (χ0v) is 13.7. The summed E-state index contributed by atoms with van der Waals surface area (Å²) < 4.78 is 0. The lowest BCUT2D eigenvalue weighted by Gasteiger charge is -2.24. The number of anilines is 2. The number of amides is 1. The lowest BCUT2D eigenvalue weighted by atomic mass is 10.1. The summed E-state index contributed by atoms with van der Waals surface area (Å²) in [4.78, 5) is 14.6. The van der Waals surface area contributed by atoms with E-state index >= 15 is 0 Å². The maximum atomic E-state index is 12.5. The molecule has 0 fully saturated rings. The summed E-state index contributed by atoms with van der Waals surface area (Å²) in [6.45, 7) is 6.98. The average Bonchev–Trinajstić information content (AvgIpc) is 2.74. The molecular formula is C19H23N3O. The smallest absolute Gasteiger partial charge is 0.243 e. The van der Waals surface area contributed by atoms with Gasteiger partial charge in [0, 0.05) is 31.0 Å². The van der Waals surface area contributed by atoms with E-state index in [2.05, 4.69) is 33.7 Å². The number of carbonyl (C=O) groups is 1. The van der Waals surface area contributed by atoms with Crippen molar-refractivity contribution in [1.29, 1.82) is 0 Å². The molecule has 0 spiro atoms. The zero-order valence-electron chi connectivity index (χ0n) is 13.7. The van der Waals surface area contributed by atoms with Crippen molar-refractivity contribution in [3.05, 3.63) is 59.2 Å². The summed E-state index contributed by atoms with van der Waals surface area (Å²) in [7, 11) is 0. The van der Waals surface area contributed by atoms with Gasteiger partial charge in [-0.2, -0.15) is 0 Å². The molecule has 4 heteroatoms. The van der Waals surface area contributed by atoms with Crippen LogP contribution in [0.3, 0.4) is 0 Å². The van der Waals surface area contributed by atoms with Crippen LogP contribution in [0, 0.1) is 13.8 Å². The molecule has 0 saturated heterocycles. The molecule has 0 aliphatic carbocycles. The van der Waals surface area contributed by atoms with Gasteiger partial charge in [-0.3, -0.25) is 4.79 Å². The van der Waals surface area contributed by atoms with Crippen molar-refractivity contribution >= 4 is 17.3 Å². The van der Waals surface area contributed by atoms with E-state index in [1.165, 1.54) is 5.56 Å². The van der Waals surface area contributed by atoms with Gasteiger partial charge >= 0.3 is 0 Å². The van der Waals surface area contributed by atoms with Crippen LogP contribution in [0.25, 0.3) is 0 Å². The molecule has 2 aromatic carbocycles. The molecule has 0 atom stereocenters. The van der Waals surface area contributed by atoms with Crippen molar-refractivity contribution in [2.24, 2.45) is 0 Å². The largest absolute Gasteiger partial charge is 0.361 e. The van der Waals surface area contributed by atoms with Crippen molar-refractivity contribution in [3.8, 4) is 0 Å². The Labute approximate surface area is 137 Å². The number of benzene rings is 2. The van der Waals surface area contributed by atoms with Gasteiger partial charge in [0.2, 0.25) is 5.91 Å². The predicted molar refractivity (Wildman–Crippen MR) is 94.9 cm³/mol. The minimum absolute atomic E-state index is 0.0235. The molecule has 0 saturated carbocycles. The van der Waals surface area contributed by atoms with E-state index in [1.807, 2.05) is 38.1 Å². The first-order valence-corrected chi connectivity index (χ1v) is 8.04. The van der Waals surface area contributed by atoms with Crippen molar-refractivity contribution in [2.75, 3.05) is 29.9 Å². The van der Waals surface area contributed by atoms with Crippen molar-refractivity contribution in [1.82, 2.24) is 5.32 Å². The Morgan fingerprint density at radius 1 is 1.22 bits per heavy atom. The summed E-state index contributed by atoms with van der Waals surface area (Å²) in [6, 6.07) is 14.4. The number of para-hydroxylation sites is 1. The molecule has 2 N–H and O–H groups in total. The molecule has 120 valence electrons. The topological polar surface area (TPSA) is 44.4 Å². The Morgan fingerprint density at radius 3 is 2.91 bits per heavy atom. The maximum Gasteiger partial charge on any atom is 0.243 e. The molecule has 1 heterocycles. The number of nitrogens with zero attached hydrogens (tertiary/aromatic N) is 1. The van der Waals surface area contributed by atoms with Crippen LogP contribution >= 0.6 is 0 Å². The van der Waals surface area contributed by atoms with Crippen molar-refractivity contribution < 1.29 is 4.79 Å². The predicted octanol–water partition coefficient (Wildman–Crippen LogP) is 2.85. The minimum atomic E-state index is 0.0235. The van der Waals surface area contributed by atoms with Gasteiger partial charge in [-0.05, 0) is 42.7 Å². The molecule has 2 aromatic rings. The fourth-order valence-electron chi connectivity index (χ4n) is 2.92. The Hall–Kier alpha value is -2.33. The molecule has 1 amide bonds. The number of nitrogens with one attached hydrogen (secondary N) is 2. The Kier molecular flexibility index (Phi) is 4.63. The second-order valence-corrected chi connectivity index (χ2v) is 6.09. The molecule has 4 nitrogen and oxygen atoms in total. The fraction of sp³-hybridized carbons (Fsp3) is 0.316. The average molecular weight is 309 g/mol. The van der Waals surface area contributed by atoms with E-state index in [0.717, 1.165) is 42.1 Å². The van der Waals surface area contributed by atoms with Gasteiger partial charge in [0.05, 0.1) is 6.54 Å². The van der Waals surface area contributed by atoms with Crippen LogP contribution in [-0.4, -0.2) is 25.5 Å². The first-order chi connectivity index (χ1) is 11.1. The van der Waals surface area contributed by atoms with Crippen molar-refractivity contribution in [2.45, 2.75) is 20.4 Å². The van der Waals surface area contributed by atoms with Gasteiger partial charge in [-0.25, -0.2) is 0 Å². The monoisotopic (exact) mass is 309 g/mol. The zero-order chi connectivity index (χ0) is 16.2. The molecule has 1 aliphatic heterocycles. The standard InChI is InChI=1S/C19H23N3O/c1-14-7-8-15(2)17(11-14)21-19(23)13-22-10-9-20-12-16-5-3-4-6-18(16)22/h3-8,11,20H,9-10,12-13H2,1-2H3,(H,21,23). The summed E-state index contributed by atoms with van der Waals surface area (Å²) in [5.74, 6) is 0.0235. The van der Waals surface area contributed by atoms with Crippen LogP contribution in [0.1, 0.15) is 16.7 Å². The van der Waals surface area contributed by atoms with E-state index in [4.69, 9.17) is 0 Å². The lowest BCUT2D eigenvalue weighted by molar-refractivity contribution is -0.115. The summed E-state index contributed by atoms with van der Waals surface area (Å²) >= 11 is 0. The molecule has 23 heavy (non-hydrogen) atoms. The molecule has 0 aromatic heterocycles. The fourth-order valence-corrected chi connectivity index (χ4v) is 2.92. The lowest BCUT2D eigenvalue weighted by Crippen LogP contribution is -2.36. The van der Waals surface area contributed by atoms with Gasteiger partial charge in [0.25, 0.3) is 0 Å². The van der Waals surface area contributed by atoms with Gasteiger partial charge < -0.3 is 15.5 Å². The normalized spacial score (nSPS) is 14.1. The summed E-state index contributed by atoms with van der Waals surface area (Å²) in [5, 5.41) is 6.45. The SMILES string of the molecule is Cc1ccc(C)c(NC(=O)CN2CCNCc3ccccc32)c1. The molecule has 1 aliphatic rings. The molecule has 0 bridgehead atoms. The van der Waals surface area contributed by atoms with Crippen LogP contribution in [-0.2, 0) is 11.3 Å². The summed E-state index contributed by atoms with van der Waals surface area (Å²) in [5.41, 5.74) is 5.52. The van der Waals surface area contributed by atoms with E-state index in [-0.39, 0.29) is 5.91 Å². The highest BCUT2D eigenvalue weighted by Crippen LogP contribution is 2.22. The van der Waals surface area contributed by atoms with Gasteiger partial charge in [0.15, 0.2) is 0 Å². The first-order valence-electron chi connectivity index (χ1n) is 8.04. The Morgan fingerprint density at radius 2 is 2.04 bits per heavy atom. The van der Waals surface area contributed by atoms with E-state index in [0.29, 0.717) is 6.54 Å². The van der Waals surface area contributed by atoms with Crippen LogP contribution in [0.2, 0.25) is 0 Å². The van der Waals surface area contributed by atoms with Gasteiger partial charge in [-0.1, -0.05) is 30.3 Å². The highest BCUT2D eigenvalue weighted by Gasteiger charge is 2.17. The molecule has 0 unspecified atom stereocenters. The third-order valence-corrected chi connectivity index (χ3v) is 4.21. The van der Waals surface area contributed by atoms with E-state index in [1.54, 1.807) is 0 Å². The summed E-state index contributed by atoms with van der Waals surface area (Å²) in [6.07, 6.45) is 0. The van der Waals surface area contributed by atoms with E-state index in [9.17, 15) is 4.79 Å². The molecular weight excluding hydrogens is 286 g/mol. The second-order valence-electron chi connectivity index (χ2n) is 6.09. The number of carbonyl (C=O) groups excluding carboxylic acids is 1. The highest BCUT2D eigenvalue weighted by molar-refractivity contribution is 5.95. The van der Waals surface area contributed by atoms with Gasteiger partial charge in [0.1, 0.15) is 0 Å². The molecule has 0 radical (unpaired) electrons. The van der Waals surface area contributed by atoms with Gasteiger partial charge in [-0.15, -0.1) is 0 Å². The second kappa shape index (κ2) is 6.84. The highest BCUT2D eigenvalue weighted by atomic mass is 16.2. The first kappa shape index (κ1) is 15.6. The minimum Gasteiger partial charge on any atom is -0.361 e. The van der Waals surface area contributed by atoms with Crippen molar-refractivity contribution in [3.63, 3.8) is 0 Å². The Balaban J connectivity index is 1.74. The maximum absolute atomic E-state index is 12.5. The van der Waals surface area contributed by atoms with Crippen LogP contribution in [0.15, 0.2) is 42.5 Å². The Bertz CT molecular complexity index is 712. The number of hydrogen-bond donors (Lipinski definition) is 2. The van der Waals surface area contributed by atoms with Crippen LogP contribution in [0.4, 0.5) is 11.4 Å². The third kappa shape index (κ3) is 3.71. The third-order valence-electron chi connectivity index (χ3n) is 4.21. The van der Waals surface area contributed by atoms with E-state index < -0.39 is 0 Å². The quantitative estimate of drug-likeness (QED) is 0.916. The number of hydrogen-bond acceptors (Lipinski definition) is 3.